The van der Waals surface area contributed by atoms with Crippen molar-refractivity contribution >= 4 is 28.9 Å². The SMILES string of the molecule is CC1(C)Oc2ncnc(N)c2N=C1c1ccc(N2CCC(C(=O)O)CC2)cc1. The van der Waals surface area contributed by atoms with Crippen molar-refractivity contribution < 1.29 is 14.6 Å². The van der Waals surface area contributed by atoms with Crippen LogP contribution in [0.1, 0.15) is 32.3 Å². The number of fused-ring (bicyclic) bond motifs is 1. The van der Waals surface area contributed by atoms with Gasteiger partial charge in [0.2, 0.25) is 5.88 Å². The number of aromatic nitrogens is 2. The van der Waals surface area contributed by atoms with Gasteiger partial charge in [-0.15, -0.1) is 0 Å². The number of carbonyl (C=O) groups is 1. The van der Waals surface area contributed by atoms with E-state index in [1.54, 1.807) is 0 Å². The van der Waals surface area contributed by atoms with Gasteiger partial charge >= 0.3 is 5.97 Å². The Labute approximate surface area is 163 Å². The van der Waals surface area contributed by atoms with E-state index >= 15 is 0 Å². The van der Waals surface area contributed by atoms with Crippen LogP contribution >= 0.6 is 0 Å². The molecule has 3 N–H and O–H groups in total. The maximum absolute atomic E-state index is 11.1. The largest absolute Gasteiger partial charge is 0.481 e. The number of carboxylic acid groups (broad SMARTS) is 1. The fraction of sp³-hybridized carbons (Fsp3) is 0.400. The van der Waals surface area contributed by atoms with E-state index in [0.717, 1.165) is 30.1 Å². The number of hydrogen-bond acceptors (Lipinski definition) is 7. The Morgan fingerprint density at radius 3 is 2.54 bits per heavy atom. The Hall–Kier alpha value is -3.16. The molecular weight excluding hydrogens is 358 g/mol. The summed E-state index contributed by atoms with van der Waals surface area (Å²) in [7, 11) is 0. The summed E-state index contributed by atoms with van der Waals surface area (Å²) in [6.45, 7) is 5.37. The molecule has 0 atom stereocenters. The molecule has 3 heterocycles. The molecule has 0 saturated carbocycles. The van der Waals surface area contributed by atoms with E-state index in [1.165, 1.54) is 6.33 Å². The van der Waals surface area contributed by atoms with Gasteiger partial charge in [-0.2, -0.15) is 4.98 Å². The Bertz CT molecular complexity index is 931. The number of piperidine rings is 1. The molecule has 0 unspecified atom stereocenters. The molecule has 0 radical (unpaired) electrons. The summed E-state index contributed by atoms with van der Waals surface area (Å²) in [5.41, 5.74) is 8.51. The quantitative estimate of drug-likeness (QED) is 0.840. The first-order valence-electron chi connectivity index (χ1n) is 9.32. The van der Waals surface area contributed by atoms with E-state index < -0.39 is 11.6 Å². The molecule has 1 fully saturated rings. The lowest BCUT2D eigenvalue weighted by atomic mass is 9.93. The van der Waals surface area contributed by atoms with Crippen LogP contribution in [0, 0.1) is 5.92 Å². The smallest absolute Gasteiger partial charge is 0.306 e. The summed E-state index contributed by atoms with van der Waals surface area (Å²) in [4.78, 5) is 26.2. The highest BCUT2D eigenvalue weighted by atomic mass is 16.5. The molecule has 146 valence electrons. The molecule has 1 aromatic heterocycles. The molecule has 0 amide bonds. The first-order chi connectivity index (χ1) is 13.3. The number of nitrogen functional groups attached to an aromatic ring is 1. The number of ether oxygens (including phenoxy) is 1. The van der Waals surface area contributed by atoms with Gasteiger partial charge in [-0.3, -0.25) is 4.79 Å². The number of aliphatic carboxylic acids is 1. The number of rotatable bonds is 3. The highest BCUT2D eigenvalue weighted by Gasteiger charge is 2.35. The van der Waals surface area contributed by atoms with Crippen LogP contribution in [0.5, 0.6) is 5.88 Å². The fourth-order valence-electron chi connectivity index (χ4n) is 3.72. The molecule has 2 aliphatic heterocycles. The van der Waals surface area contributed by atoms with Crippen LogP contribution in [0.3, 0.4) is 0 Å². The van der Waals surface area contributed by atoms with Crippen molar-refractivity contribution in [3.63, 3.8) is 0 Å². The van der Waals surface area contributed by atoms with Crippen molar-refractivity contribution in [2.75, 3.05) is 23.7 Å². The number of benzene rings is 1. The second kappa shape index (κ2) is 6.78. The molecule has 1 aromatic carbocycles. The van der Waals surface area contributed by atoms with Gasteiger partial charge in [0.05, 0.1) is 11.6 Å². The molecule has 1 saturated heterocycles. The number of nitrogens with two attached hydrogens (primary N) is 1. The normalized spacial score (nSPS) is 18.8. The average molecular weight is 381 g/mol. The first-order valence-corrected chi connectivity index (χ1v) is 9.32. The average Bonchev–Trinajstić information content (AvgIpc) is 2.67. The molecular formula is C20H23N5O3. The zero-order valence-corrected chi connectivity index (χ0v) is 15.9. The Kier molecular flexibility index (Phi) is 4.41. The molecule has 0 aliphatic carbocycles. The number of hydrogen-bond donors (Lipinski definition) is 2. The third-order valence-electron chi connectivity index (χ3n) is 5.31. The number of nitrogens with zero attached hydrogens (tertiary/aromatic N) is 4. The van der Waals surface area contributed by atoms with Gasteiger partial charge < -0.3 is 20.5 Å². The van der Waals surface area contributed by atoms with Gasteiger partial charge in [-0.25, -0.2) is 9.98 Å². The molecule has 28 heavy (non-hydrogen) atoms. The Morgan fingerprint density at radius 2 is 1.89 bits per heavy atom. The lowest BCUT2D eigenvalue weighted by Crippen LogP contribution is -2.41. The number of aliphatic imine (C=N–C) groups is 1. The minimum atomic E-state index is -0.698. The summed E-state index contributed by atoms with van der Waals surface area (Å²) >= 11 is 0. The standard InChI is InChI=1S/C20H23N5O3/c1-20(2)16(24-15-17(21)22-11-23-18(15)28-20)12-3-5-14(6-4-12)25-9-7-13(8-10-25)19(26)27/h3-6,11,13H,7-10H2,1-2H3,(H,26,27)(H2,21,22,23). The van der Waals surface area contributed by atoms with Crippen molar-refractivity contribution in [1.29, 1.82) is 0 Å². The van der Waals surface area contributed by atoms with E-state index in [4.69, 9.17) is 20.6 Å². The van der Waals surface area contributed by atoms with Crippen molar-refractivity contribution in [1.82, 2.24) is 9.97 Å². The Balaban J connectivity index is 1.59. The molecule has 4 rings (SSSR count). The monoisotopic (exact) mass is 381 g/mol. The predicted octanol–water partition coefficient (Wildman–Crippen LogP) is 2.65. The zero-order valence-electron chi connectivity index (χ0n) is 15.9. The van der Waals surface area contributed by atoms with E-state index in [1.807, 2.05) is 38.1 Å². The topological polar surface area (TPSA) is 114 Å². The lowest BCUT2D eigenvalue weighted by molar-refractivity contribution is -0.142. The molecule has 8 heteroatoms. The predicted molar refractivity (Wildman–Crippen MR) is 106 cm³/mol. The minimum Gasteiger partial charge on any atom is -0.481 e. The Morgan fingerprint density at radius 1 is 1.21 bits per heavy atom. The maximum Gasteiger partial charge on any atom is 0.306 e. The van der Waals surface area contributed by atoms with E-state index in [0.29, 0.717) is 24.4 Å². The summed E-state index contributed by atoms with van der Waals surface area (Å²) in [6, 6.07) is 8.09. The second-order valence-electron chi connectivity index (χ2n) is 7.63. The van der Waals surface area contributed by atoms with Crippen LogP contribution in [-0.2, 0) is 4.79 Å². The summed E-state index contributed by atoms with van der Waals surface area (Å²) < 4.78 is 6.02. The zero-order chi connectivity index (χ0) is 19.9. The fourth-order valence-corrected chi connectivity index (χ4v) is 3.72. The summed E-state index contributed by atoms with van der Waals surface area (Å²) in [6.07, 6.45) is 2.70. The highest BCUT2D eigenvalue weighted by Crippen LogP contribution is 2.39. The molecule has 0 bridgehead atoms. The van der Waals surface area contributed by atoms with Gasteiger partial charge in [0.1, 0.15) is 11.9 Å². The second-order valence-corrected chi connectivity index (χ2v) is 7.63. The highest BCUT2D eigenvalue weighted by molar-refractivity contribution is 6.09. The third-order valence-corrected chi connectivity index (χ3v) is 5.31. The van der Waals surface area contributed by atoms with Gasteiger partial charge in [-0.1, -0.05) is 12.1 Å². The minimum absolute atomic E-state index is 0.238. The summed E-state index contributed by atoms with van der Waals surface area (Å²) in [5, 5.41) is 9.15. The van der Waals surface area contributed by atoms with Crippen molar-refractivity contribution in [3.8, 4) is 5.88 Å². The third kappa shape index (κ3) is 3.26. The van der Waals surface area contributed by atoms with Crippen molar-refractivity contribution in [3.05, 3.63) is 36.2 Å². The van der Waals surface area contributed by atoms with Crippen LogP contribution in [0.15, 0.2) is 35.6 Å². The van der Waals surface area contributed by atoms with Gasteiger partial charge in [0, 0.05) is 24.3 Å². The molecule has 2 aliphatic rings. The van der Waals surface area contributed by atoms with Crippen LogP contribution < -0.4 is 15.4 Å². The van der Waals surface area contributed by atoms with Gasteiger partial charge in [-0.05, 0) is 38.8 Å². The van der Waals surface area contributed by atoms with Gasteiger partial charge in [0.15, 0.2) is 11.5 Å². The van der Waals surface area contributed by atoms with Crippen molar-refractivity contribution in [2.24, 2.45) is 10.9 Å². The molecule has 2 aromatic rings. The summed E-state index contributed by atoms with van der Waals surface area (Å²) in [5.74, 6) is -0.260. The van der Waals surface area contributed by atoms with E-state index in [2.05, 4.69) is 14.9 Å². The molecule has 0 spiro atoms. The van der Waals surface area contributed by atoms with Crippen molar-refractivity contribution in [2.45, 2.75) is 32.3 Å². The molecule has 8 nitrogen and oxygen atoms in total. The number of carboxylic acids is 1. The van der Waals surface area contributed by atoms with E-state index in [-0.39, 0.29) is 11.7 Å². The van der Waals surface area contributed by atoms with Crippen LogP contribution in [-0.4, -0.2) is 45.4 Å². The first kappa shape index (κ1) is 18.2. The maximum atomic E-state index is 11.1. The van der Waals surface area contributed by atoms with Crippen LogP contribution in [0.25, 0.3) is 0 Å². The van der Waals surface area contributed by atoms with Gasteiger partial charge in [0.25, 0.3) is 0 Å². The number of anilines is 2. The lowest BCUT2D eigenvalue weighted by Gasteiger charge is -2.33. The van der Waals surface area contributed by atoms with E-state index in [9.17, 15) is 4.79 Å². The van der Waals surface area contributed by atoms with Crippen LogP contribution in [0.4, 0.5) is 17.2 Å². The van der Waals surface area contributed by atoms with Crippen LogP contribution in [0.2, 0.25) is 0 Å².